The molecule has 0 N–H and O–H groups in total. The van der Waals surface area contributed by atoms with Crippen molar-refractivity contribution in [2.45, 2.75) is 6.18 Å². The first-order valence-corrected chi connectivity index (χ1v) is 24.2. The van der Waals surface area contributed by atoms with Gasteiger partial charge in [0.15, 0.2) is 23.1 Å². The molecule has 0 aliphatic heterocycles. The summed E-state index contributed by atoms with van der Waals surface area (Å²) in [5.41, 5.74) is 8.36. The SMILES string of the molecule is FC(F)(F)c1cc(-c2nc(-c3ccccc3)nc(-c3ccccc3)n2)c2c(oc3ccccc32)c1-n1c2ccc(-c3ccc4oc5ccccc5c4c3)cc2c2c3c4ccccc4n(-c4ccccc4)c3ccc21. The third-order valence-corrected chi connectivity index (χ3v) is 14.4. The number of furan rings is 2. The van der Waals surface area contributed by atoms with E-state index >= 15 is 13.2 Å². The molecule has 0 spiro atoms. The smallest absolute Gasteiger partial charge is 0.418 e. The van der Waals surface area contributed by atoms with E-state index in [0.717, 1.165) is 71.3 Å². The number of hydrogen-bond donors (Lipinski definition) is 0. The quantitative estimate of drug-likeness (QED) is 0.166. The van der Waals surface area contributed by atoms with Gasteiger partial charge in [0.1, 0.15) is 22.4 Å². The van der Waals surface area contributed by atoms with E-state index in [2.05, 4.69) is 47.0 Å². The van der Waals surface area contributed by atoms with Gasteiger partial charge in [-0.05, 0) is 83.9 Å². The van der Waals surface area contributed by atoms with Gasteiger partial charge in [0, 0.05) is 65.5 Å². The van der Waals surface area contributed by atoms with Gasteiger partial charge in [-0.2, -0.15) is 13.2 Å². The second-order valence-corrected chi connectivity index (χ2v) is 18.6. The molecule has 7 nitrogen and oxygen atoms in total. The average Bonchev–Trinajstić information content (AvgIpc) is 4.29. The summed E-state index contributed by atoms with van der Waals surface area (Å²) < 4.78 is 66.9. The Balaban J connectivity index is 1.08. The summed E-state index contributed by atoms with van der Waals surface area (Å²) in [6, 6.07) is 69.8. The largest absolute Gasteiger partial charge is 0.456 e. The first kappa shape index (κ1) is 41.9. The highest BCUT2D eigenvalue weighted by atomic mass is 19.4. The zero-order valence-electron chi connectivity index (χ0n) is 39.0. The van der Waals surface area contributed by atoms with E-state index in [4.69, 9.17) is 23.8 Å². The maximum Gasteiger partial charge on any atom is 0.418 e. The van der Waals surface area contributed by atoms with Gasteiger partial charge < -0.3 is 18.0 Å². The van der Waals surface area contributed by atoms with Gasteiger partial charge in [-0.25, -0.2) is 15.0 Å². The summed E-state index contributed by atoms with van der Waals surface area (Å²) in [7, 11) is 0. The molecule has 10 heteroatoms. The van der Waals surface area contributed by atoms with Crippen molar-refractivity contribution in [3.8, 4) is 56.7 Å². The van der Waals surface area contributed by atoms with E-state index in [1.807, 2.05) is 164 Å². The lowest BCUT2D eigenvalue weighted by Gasteiger charge is -2.19. The molecule has 0 aliphatic rings. The van der Waals surface area contributed by atoms with Gasteiger partial charge in [-0.15, -0.1) is 0 Å². The topological polar surface area (TPSA) is 74.8 Å². The van der Waals surface area contributed by atoms with E-state index < -0.39 is 11.7 Å². The van der Waals surface area contributed by atoms with Crippen molar-refractivity contribution in [2.24, 2.45) is 0 Å². The Kier molecular flexibility index (Phi) is 8.98. The molecule has 10 aromatic carbocycles. The van der Waals surface area contributed by atoms with Crippen LogP contribution in [-0.4, -0.2) is 24.1 Å². The van der Waals surface area contributed by atoms with Crippen molar-refractivity contribution in [3.63, 3.8) is 0 Å². The standard InChI is InChI=1S/C64H36F3N5O2/c65-64(66,67)48-36-47(63-69-61(37-16-4-1-5-17-37)68-62(70-63)38-18-6-2-7-19-38)56-44-24-12-15-27-54(44)74-60(56)59(48)72-50-30-28-39(40-29-33-55-45(34-40)42-22-11-14-26-53(42)73-55)35-46(50)58-52(72)32-31-51-57(58)43-23-10-13-25-49(43)71(51)41-20-8-3-9-21-41/h1-36H. The van der Waals surface area contributed by atoms with Crippen molar-refractivity contribution < 1.29 is 22.0 Å². The predicted molar refractivity (Wildman–Crippen MR) is 290 cm³/mol. The second kappa shape index (κ2) is 15.9. The van der Waals surface area contributed by atoms with Crippen molar-refractivity contribution in [3.05, 3.63) is 224 Å². The lowest BCUT2D eigenvalue weighted by Crippen LogP contribution is -2.12. The van der Waals surface area contributed by atoms with E-state index in [1.54, 1.807) is 10.6 Å². The van der Waals surface area contributed by atoms with Crippen molar-refractivity contribution >= 4 is 87.5 Å². The molecule has 0 saturated carbocycles. The third kappa shape index (κ3) is 6.31. The lowest BCUT2D eigenvalue weighted by atomic mass is 9.99. The van der Waals surface area contributed by atoms with Crippen molar-refractivity contribution in [1.29, 1.82) is 0 Å². The zero-order chi connectivity index (χ0) is 49.2. The molecular formula is C64H36F3N5O2. The molecule has 0 unspecified atom stereocenters. The normalized spacial score (nSPS) is 12.3. The molecule has 15 aromatic rings. The number of hydrogen-bond acceptors (Lipinski definition) is 5. The molecule has 0 bridgehead atoms. The minimum Gasteiger partial charge on any atom is -0.456 e. The Morgan fingerprint density at radius 1 is 0.351 bits per heavy atom. The van der Waals surface area contributed by atoms with Crippen LogP contribution in [0.3, 0.4) is 0 Å². The maximum absolute atomic E-state index is 16.6. The van der Waals surface area contributed by atoms with E-state index in [-0.39, 0.29) is 22.7 Å². The fraction of sp³-hybridized carbons (Fsp3) is 0.0156. The lowest BCUT2D eigenvalue weighted by molar-refractivity contribution is -0.137. The van der Waals surface area contributed by atoms with Crippen LogP contribution < -0.4 is 0 Å². The Bertz CT molecular complexity index is 4710. The minimum absolute atomic E-state index is 0.0472. The molecule has 74 heavy (non-hydrogen) atoms. The number of para-hydroxylation sites is 4. The first-order chi connectivity index (χ1) is 36.3. The third-order valence-electron chi connectivity index (χ3n) is 14.4. The molecule has 5 heterocycles. The number of aromatic nitrogens is 5. The number of alkyl halides is 3. The summed E-state index contributed by atoms with van der Waals surface area (Å²) in [6.45, 7) is 0. The van der Waals surface area contributed by atoms with Gasteiger partial charge >= 0.3 is 6.18 Å². The number of nitrogens with zero attached hydrogens (tertiary/aromatic N) is 5. The highest BCUT2D eigenvalue weighted by molar-refractivity contribution is 6.30. The van der Waals surface area contributed by atoms with Crippen LogP contribution in [-0.2, 0) is 6.18 Å². The zero-order valence-corrected chi connectivity index (χ0v) is 39.0. The van der Waals surface area contributed by atoms with Crippen LogP contribution in [0.15, 0.2) is 227 Å². The Labute approximate surface area is 418 Å². The van der Waals surface area contributed by atoms with Gasteiger partial charge in [-0.1, -0.05) is 146 Å². The number of halogens is 3. The summed E-state index contributed by atoms with van der Waals surface area (Å²) in [5, 5.41) is 6.50. The molecule has 350 valence electrons. The number of benzene rings is 10. The Morgan fingerprint density at radius 3 is 1.54 bits per heavy atom. The molecule has 0 amide bonds. The molecule has 0 aliphatic carbocycles. The number of rotatable bonds is 6. The Hall–Kier alpha value is -9.80. The molecule has 15 rings (SSSR count). The van der Waals surface area contributed by atoms with E-state index in [1.165, 1.54) is 6.07 Å². The summed E-state index contributed by atoms with van der Waals surface area (Å²) in [4.78, 5) is 14.8. The molecular weight excluding hydrogens is 928 g/mol. The summed E-state index contributed by atoms with van der Waals surface area (Å²) in [5.74, 6) is 0.728. The molecule has 0 fully saturated rings. The van der Waals surface area contributed by atoms with Gasteiger partial charge in [0.05, 0.1) is 27.6 Å². The van der Waals surface area contributed by atoms with Crippen LogP contribution in [0.1, 0.15) is 5.56 Å². The molecule has 0 radical (unpaired) electrons. The van der Waals surface area contributed by atoms with E-state index in [0.29, 0.717) is 50.2 Å². The first-order valence-electron chi connectivity index (χ1n) is 24.2. The fourth-order valence-electron chi connectivity index (χ4n) is 11.2. The fourth-order valence-corrected chi connectivity index (χ4v) is 11.2. The van der Waals surface area contributed by atoms with Crippen molar-refractivity contribution in [1.82, 2.24) is 24.1 Å². The average molecular weight is 964 g/mol. The van der Waals surface area contributed by atoms with Gasteiger partial charge in [-0.3, -0.25) is 0 Å². The monoisotopic (exact) mass is 963 g/mol. The van der Waals surface area contributed by atoms with Crippen LogP contribution in [0.25, 0.3) is 144 Å². The second-order valence-electron chi connectivity index (χ2n) is 18.6. The van der Waals surface area contributed by atoms with Crippen LogP contribution in [0.5, 0.6) is 0 Å². The van der Waals surface area contributed by atoms with Crippen molar-refractivity contribution in [2.75, 3.05) is 0 Å². The van der Waals surface area contributed by atoms with Crippen LogP contribution in [0.2, 0.25) is 0 Å². The molecule has 0 atom stereocenters. The minimum atomic E-state index is -4.89. The molecule has 0 saturated heterocycles. The molecule has 5 aromatic heterocycles. The van der Waals surface area contributed by atoms with Crippen LogP contribution >= 0.6 is 0 Å². The maximum atomic E-state index is 16.6. The predicted octanol–water partition coefficient (Wildman–Crippen LogP) is 17.6. The van der Waals surface area contributed by atoms with Gasteiger partial charge in [0.25, 0.3) is 0 Å². The van der Waals surface area contributed by atoms with Crippen LogP contribution in [0.4, 0.5) is 13.2 Å². The van der Waals surface area contributed by atoms with E-state index in [9.17, 15) is 0 Å². The number of fused-ring (bicyclic) bond motifs is 13. The van der Waals surface area contributed by atoms with Gasteiger partial charge in [0.2, 0.25) is 0 Å². The summed E-state index contributed by atoms with van der Waals surface area (Å²) >= 11 is 0. The highest BCUT2D eigenvalue weighted by Gasteiger charge is 2.39. The summed E-state index contributed by atoms with van der Waals surface area (Å²) in [6.07, 6.45) is -4.89. The Morgan fingerprint density at radius 2 is 0.851 bits per heavy atom. The van der Waals surface area contributed by atoms with Crippen LogP contribution in [0, 0.1) is 0 Å². The highest BCUT2D eigenvalue weighted by Crippen LogP contribution is 2.50.